The zero-order valence-electron chi connectivity index (χ0n) is 7.83. The topological polar surface area (TPSA) is 0 Å². The van der Waals surface area contributed by atoms with Crippen LogP contribution in [0, 0.1) is 0 Å². The van der Waals surface area contributed by atoms with Crippen LogP contribution in [0.3, 0.4) is 0 Å². The van der Waals surface area contributed by atoms with Gasteiger partial charge in [-0.25, -0.2) is 0 Å². The smallest absolute Gasteiger partial charge is 0.0439 e. The van der Waals surface area contributed by atoms with E-state index in [0.29, 0.717) is 0 Å². The fourth-order valence-corrected chi connectivity index (χ4v) is 0.583. The molecule has 0 radical (unpaired) electrons. The van der Waals surface area contributed by atoms with E-state index in [1.807, 2.05) is 36.5 Å². The van der Waals surface area contributed by atoms with Crippen molar-refractivity contribution in [3.8, 4) is 0 Å². The highest BCUT2D eigenvalue weighted by Gasteiger charge is 1.67. The Morgan fingerprint density at radius 2 is 1.33 bits per heavy atom. The molecule has 64 valence electrons. The van der Waals surface area contributed by atoms with Gasteiger partial charge >= 0.3 is 0 Å². The van der Waals surface area contributed by atoms with Gasteiger partial charge < -0.3 is 0 Å². The highest BCUT2D eigenvalue weighted by Crippen LogP contribution is 1.89. The molecule has 0 spiro atoms. The van der Waals surface area contributed by atoms with Crippen molar-refractivity contribution in [2.45, 2.75) is 13.8 Å². The van der Waals surface area contributed by atoms with Crippen LogP contribution < -0.4 is 0 Å². The van der Waals surface area contributed by atoms with Crippen molar-refractivity contribution in [1.29, 1.82) is 0 Å². The molecule has 0 nitrogen and oxygen atoms in total. The summed E-state index contributed by atoms with van der Waals surface area (Å²) in [6.07, 6.45) is 15.6. The molecule has 0 aromatic rings. The Bertz CT molecular complexity index is 220. The second-order valence-electron chi connectivity index (χ2n) is 2.63. The third kappa shape index (κ3) is 8.70. The van der Waals surface area contributed by atoms with Crippen LogP contribution in [-0.4, -0.2) is 0 Å². The van der Waals surface area contributed by atoms with Crippen molar-refractivity contribution >= 4 is 0 Å². The lowest BCUT2D eigenvalue weighted by molar-refractivity contribution is 1.39. The van der Waals surface area contributed by atoms with Crippen LogP contribution in [0.5, 0.6) is 0 Å². The van der Waals surface area contributed by atoms with Gasteiger partial charge in [-0.2, -0.15) is 0 Å². The van der Waals surface area contributed by atoms with Crippen molar-refractivity contribution in [2.75, 3.05) is 0 Å². The van der Waals surface area contributed by atoms with Crippen molar-refractivity contribution in [1.82, 2.24) is 0 Å². The second kappa shape index (κ2) is 7.80. The van der Waals surface area contributed by atoms with Gasteiger partial charge in [-0.15, -0.1) is 0 Å². The molecule has 0 aromatic carbocycles. The van der Waals surface area contributed by atoms with Crippen LogP contribution in [-0.2, 0) is 0 Å². The molecule has 0 amide bonds. The maximum absolute atomic E-state index is 3.57. The third-order valence-corrected chi connectivity index (χ3v) is 1.12. The van der Waals surface area contributed by atoms with Gasteiger partial charge in [0.05, 0.1) is 0 Å². The van der Waals surface area contributed by atoms with Gasteiger partial charge in [-0.05, 0) is 13.8 Å². The average molecular weight is 160 g/mol. The van der Waals surface area contributed by atoms with Crippen molar-refractivity contribution in [3.63, 3.8) is 0 Å². The second-order valence-corrected chi connectivity index (χ2v) is 2.63. The summed E-state index contributed by atoms with van der Waals surface area (Å²) in [6.45, 7) is 7.72. The molecule has 0 aromatic heterocycles. The molecule has 0 fully saturated rings. The predicted molar refractivity (Wildman–Crippen MR) is 57.0 cm³/mol. The first kappa shape index (κ1) is 10.7. The summed E-state index contributed by atoms with van der Waals surface area (Å²) in [7, 11) is 0. The summed E-state index contributed by atoms with van der Waals surface area (Å²) < 4.78 is 0. The first-order valence-electron chi connectivity index (χ1n) is 4.03. The summed E-state index contributed by atoms with van der Waals surface area (Å²) in [5.41, 5.74) is 1.31. The number of hydrogen-bond acceptors (Lipinski definition) is 0. The molecule has 0 saturated heterocycles. The lowest BCUT2D eigenvalue weighted by Gasteiger charge is -1.79. The molecule has 0 aliphatic rings. The van der Waals surface area contributed by atoms with Gasteiger partial charge in [0, 0.05) is 0 Å². The van der Waals surface area contributed by atoms with Gasteiger partial charge in [-0.3, -0.25) is 0 Å². The monoisotopic (exact) mass is 160 g/mol. The Labute approximate surface area is 75.3 Å². The van der Waals surface area contributed by atoms with E-state index in [-0.39, 0.29) is 0 Å². The van der Waals surface area contributed by atoms with E-state index < -0.39 is 0 Å². The molecule has 0 unspecified atom stereocenters. The summed E-state index contributed by atoms with van der Waals surface area (Å²) in [4.78, 5) is 0. The molecule has 0 aliphatic heterocycles. The minimum atomic E-state index is 1.31. The molecular weight excluding hydrogens is 144 g/mol. The first-order chi connectivity index (χ1) is 5.77. The van der Waals surface area contributed by atoms with Gasteiger partial charge in [-0.1, -0.05) is 60.8 Å². The minimum Gasteiger partial charge on any atom is -0.0991 e. The van der Waals surface area contributed by atoms with Crippen LogP contribution in [0.2, 0.25) is 0 Å². The van der Waals surface area contributed by atoms with E-state index in [2.05, 4.69) is 26.5 Å². The molecule has 0 aliphatic carbocycles. The lowest BCUT2D eigenvalue weighted by atomic mass is 10.3. The van der Waals surface area contributed by atoms with Crippen molar-refractivity contribution in [3.05, 3.63) is 60.8 Å². The third-order valence-electron chi connectivity index (χ3n) is 1.12. The Balaban J connectivity index is 3.74. The van der Waals surface area contributed by atoms with Crippen molar-refractivity contribution in [2.24, 2.45) is 0 Å². The minimum absolute atomic E-state index is 1.31. The Morgan fingerprint density at radius 1 is 0.833 bits per heavy atom. The van der Waals surface area contributed by atoms with Crippen LogP contribution in [0.25, 0.3) is 0 Å². The largest absolute Gasteiger partial charge is 0.0991 e. The quantitative estimate of drug-likeness (QED) is 0.549. The van der Waals surface area contributed by atoms with Crippen LogP contribution >= 0.6 is 0 Å². The lowest BCUT2D eigenvalue weighted by Crippen LogP contribution is -1.58. The van der Waals surface area contributed by atoms with Gasteiger partial charge in [0.2, 0.25) is 0 Å². The van der Waals surface area contributed by atoms with Gasteiger partial charge in [0.25, 0.3) is 0 Å². The van der Waals surface area contributed by atoms with E-state index in [1.54, 1.807) is 6.08 Å². The number of hydrogen-bond donors (Lipinski definition) is 0. The van der Waals surface area contributed by atoms with Crippen LogP contribution in [0.1, 0.15) is 13.8 Å². The summed E-state index contributed by atoms with van der Waals surface area (Å²) in [5, 5.41) is 0. The first-order valence-corrected chi connectivity index (χ1v) is 4.03. The van der Waals surface area contributed by atoms with E-state index in [1.165, 1.54) is 5.57 Å². The summed E-state index contributed by atoms with van der Waals surface area (Å²) >= 11 is 0. The normalized spacial score (nSPS) is 11.5. The standard InChI is InChI=1S/C12H16/c1-4-5-6-7-8-9-10-11-12(2)3/h4-11H,1H2,2-3H3/b6-5-,8-7+,10-9-. The van der Waals surface area contributed by atoms with Crippen LogP contribution in [0.4, 0.5) is 0 Å². The maximum atomic E-state index is 3.57. The zero-order valence-corrected chi connectivity index (χ0v) is 7.83. The van der Waals surface area contributed by atoms with Gasteiger partial charge in [0.1, 0.15) is 0 Å². The van der Waals surface area contributed by atoms with E-state index in [4.69, 9.17) is 0 Å². The molecule has 12 heavy (non-hydrogen) atoms. The Morgan fingerprint density at radius 3 is 1.83 bits per heavy atom. The number of rotatable bonds is 4. The SMILES string of the molecule is C=C\C=C/C=C/C=C\C=C(C)C. The zero-order chi connectivity index (χ0) is 9.23. The molecule has 0 N–H and O–H groups in total. The van der Waals surface area contributed by atoms with Crippen LogP contribution in [0.15, 0.2) is 60.8 Å². The molecule has 0 heteroatoms. The molecule has 0 saturated carbocycles. The fourth-order valence-electron chi connectivity index (χ4n) is 0.583. The average Bonchev–Trinajstić information content (AvgIpc) is 2.02. The molecule has 0 bridgehead atoms. The molecular formula is C12H16. The summed E-state index contributed by atoms with van der Waals surface area (Å²) in [6, 6.07) is 0. The fraction of sp³-hybridized carbons (Fsp3) is 0.167. The van der Waals surface area contributed by atoms with E-state index >= 15 is 0 Å². The highest BCUT2D eigenvalue weighted by molar-refractivity contribution is 5.18. The molecule has 0 atom stereocenters. The molecule has 0 rings (SSSR count). The summed E-state index contributed by atoms with van der Waals surface area (Å²) in [5.74, 6) is 0. The Hall–Kier alpha value is -1.30. The van der Waals surface area contributed by atoms with E-state index in [0.717, 1.165) is 0 Å². The van der Waals surface area contributed by atoms with Crippen molar-refractivity contribution < 1.29 is 0 Å². The Kier molecular flexibility index (Phi) is 6.96. The predicted octanol–water partition coefficient (Wildman–Crippen LogP) is 3.81. The number of allylic oxidation sites excluding steroid dienone is 9. The highest BCUT2D eigenvalue weighted by atomic mass is 13.7. The molecule has 0 heterocycles. The van der Waals surface area contributed by atoms with E-state index in [9.17, 15) is 0 Å². The van der Waals surface area contributed by atoms with Gasteiger partial charge in [0.15, 0.2) is 0 Å². The maximum Gasteiger partial charge on any atom is -0.0439 e.